The Balaban J connectivity index is 2.81. The largest absolute Gasteiger partial charge is 0.302 e. The van der Waals surface area contributed by atoms with Crippen molar-refractivity contribution < 1.29 is 0 Å². The highest BCUT2D eigenvalue weighted by Crippen LogP contribution is 2.34. The van der Waals surface area contributed by atoms with Gasteiger partial charge < -0.3 is 5.32 Å². The molecule has 1 rings (SSSR count). The number of hydrogen-bond acceptors (Lipinski definition) is 1. The van der Waals surface area contributed by atoms with Crippen molar-refractivity contribution in [3.8, 4) is 0 Å². The van der Waals surface area contributed by atoms with E-state index in [-0.39, 0.29) is 5.54 Å². The highest BCUT2D eigenvalue weighted by atomic mass is 15.2. The lowest BCUT2D eigenvalue weighted by Gasteiger charge is -2.08. The van der Waals surface area contributed by atoms with E-state index in [4.69, 9.17) is 0 Å². The summed E-state index contributed by atoms with van der Waals surface area (Å²) in [6.45, 7) is 10.2. The van der Waals surface area contributed by atoms with Gasteiger partial charge in [0.1, 0.15) is 0 Å². The predicted octanol–water partition coefficient (Wildman–Crippen LogP) is 2.43. The molecule has 66 valence electrons. The van der Waals surface area contributed by atoms with Gasteiger partial charge in [0.2, 0.25) is 0 Å². The van der Waals surface area contributed by atoms with E-state index in [1.165, 1.54) is 5.57 Å². The van der Waals surface area contributed by atoms with Gasteiger partial charge in [0.15, 0.2) is 0 Å². The van der Waals surface area contributed by atoms with Crippen LogP contribution >= 0.6 is 0 Å². The quantitative estimate of drug-likeness (QED) is 0.501. The summed E-state index contributed by atoms with van der Waals surface area (Å²) in [6, 6.07) is 0.583. The molecule has 0 aromatic carbocycles. The summed E-state index contributed by atoms with van der Waals surface area (Å²) < 4.78 is 0. The first kappa shape index (κ1) is 9.27. The maximum Gasteiger partial charge on any atom is 0.0561 e. The van der Waals surface area contributed by atoms with Crippen LogP contribution in [0, 0.1) is 0 Å². The van der Waals surface area contributed by atoms with Crippen LogP contribution in [0.2, 0.25) is 0 Å². The summed E-state index contributed by atoms with van der Waals surface area (Å²) in [7, 11) is 0. The van der Waals surface area contributed by atoms with Crippen LogP contribution in [0.1, 0.15) is 20.8 Å². The number of rotatable bonds is 3. The molecule has 1 heterocycles. The van der Waals surface area contributed by atoms with Gasteiger partial charge in [0, 0.05) is 6.04 Å². The molecular formula is C11H17N. The average Bonchev–Trinajstić information content (AvgIpc) is 2.61. The standard InChI is InChI=1S/C11H17N/c1-5-7-10(8-6-2)11(4)9(3)12-11/h5-9,12H,1H2,2-4H3/b8-6-,10-7+. The van der Waals surface area contributed by atoms with Crippen molar-refractivity contribution in [2.24, 2.45) is 0 Å². The lowest BCUT2D eigenvalue weighted by atomic mass is 9.96. The van der Waals surface area contributed by atoms with E-state index in [1.54, 1.807) is 0 Å². The first-order valence-corrected chi connectivity index (χ1v) is 4.38. The van der Waals surface area contributed by atoms with E-state index in [0.29, 0.717) is 6.04 Å². The second-order valence-electron chi connectivity index (χ2n) is 3.43. The van der Waals surface area contributed by atoms with E-state index >= 15 is 0 Å². The van der Waals surface area contributed by atoms with Crippen molar-refractivity contribution in [2.45, 2.75) is 32.4 Å². The van der Waals surface area contributed by atoms with Gasteiger partial charge >= 0.3 is 0 Å². The first-order chi connectivity index (χ1) is 5.65. The van der Waals surface area contributed by atoms with Crippen molar-refractivity contribution >= 4 is 0 Å². The Morgan fingerprint density at radius 3 is 2.50 bits per heavy atom. The Kier molecular flexibility index (Phi) is 2.53. The van der Waals surface area contributed by atoms with Gasteiger partial charge in [-0.15, -0.1) is 0 Å². The molecule has 0 aliphatic carbocycles. The minimum Gasteiger partial charge on any atom is -0.302 e. The summed E-state index contributed by atoms with van der Waals surface area (Å²) in [4.78, 5) is 0. The van der Waals surface area contributed by atoms with Gasteiger partial charge in [-0.1, -0.05) is 30.9 Å². The topological polar surface area (TPSA) is 21.9 Å². The van der Waals surface area contributed by atoms with Crippen LogP contribution in [0.3, 0.4) is 0 Å². The molecule has 1 heteroatoms. The second kappa shape index (κ2) is 3.28. The number of allylic oxidation sites excluding steroid dienone is 3. The first-order valence-electron chi connectivity index (χ1n) is 4.38. The molecule has 0 saturated carbocycles. The van der Waals surface area contributed by atoms with Gasteiger partial charge in [-0.25, -0.2) is 0 Å². The van der Waals surface area contributed by atoms with Crippen LogP contribution in [0.15, 0.2) is 36.5 Å². The molecule has 0 aromatic rings. The minimum atomic E-state index is 0.181. The zero-order valence-corrected chi connectivity index (χ0v) is 8.09. The van der Waals surface area contributed by atoms with Crippen LogP contribution in [0.25, 0.3) is 0 Å². The molecule has 1 fully saturated rings. The molecule has 1 N–H and O–H groups in total. The van der Waals surface area contributed by atoms with Gasteiger partial charge in [0.05, 0.1) is 5.54 Å². The van der Waals surface area contributed by atoms with Gasteiger partial charge in [-0.2, -0.15) is 0 Å². The average molecular weight is 163 g/mol. The van der Waals surface area contributed by atoms with Crippen LogP contribution in [-0.4, -0.2) is 11.6 Å². The van der Waals surface area contributed by atoms with Crippen molar-refractivity contribution in [2.75, 3.05) is 0 Å². The van der Waals surface area contributed by atoms with E-state index in [2.05, 4.69) is 44.0 Å². The Hall–Kier alpha value is -0.820. The van der Waals surface area contributed by atoms with Gasteiger partial charge in [0.25, 0.3) is 0 Å². The van der Waals surface area contributed by atoms with Gasteiger partial charge in [-0.05, 0) is 26.3 Å². The van der Waals surface area contributed by atoms with Crippen molar-refractivity contribution in [1.82, 2.24) is 5.32 Å². The van der Waals surface area contributed by atoms with E-state index in [9.17, 15) is 0 Å². The molecule has 0 bridgehead atoms. The Bertz CT molecular complexity index is 237. The maximum absolute atomic E-state index is 3.71. The summed E-state index contributed by atoms with van der Waals surface area (Å²) >= 11 is 0. The molecule has 1 saturated heterocycles. The van der Waals surface area contributed by atoms with Crippen LogP contribution in [0.5, 0.6) is 0 Å². The Morgan fingerprint density at radius 1 is 1.58 bits per heavy atom. The highest BCUT2D eigenvalue weighted by molar-refractivity contribution is 5.41. The van der Waals surface area contributed by atoms with Gasteiger partial charge in [-0.3, -0.25) is 0 Å². The monoisotopic (exact) mass is 163 g/mol. The molecule has 2 unspecified atom stereocenters. The third-order valence-corrected chi connectivity index (χ3v) is 2.54. The highest BCUT2D eigenvalue weighted by Gasteiger charge is 2.47. The molecule has 1 aliphatic rings. The molecular weight excluding hydrogens is 146 g/mol. The lowest BCUT2D eigenvalue weighted by Crippen LogP contribution is -2.13. The van der Waals surface area contributed by atoms with Crippen molar-refractivity contribution in [3.05, 3.63) is 36.5 Å². The molecule has 12 heavy (non-hydrogen) atoms. The SMILES string of the molecule is C=C/C=C(\C=C/C)C1(C)NC1C. The zero-order valence-electron chi connectivity index (χ0n) is 8.09. The molecule has 0 aromatic heterocycles. The molecule has 0 spiro atoms. The minimum absolute atomic E-state index is 0.181. The maximum atomic E-state index is 3.71. The summed E-state index contributed by atoms with van der Waals surface area (Å²) in [5, 5.41) is 3.41. The second-order valence-corrected chi connectivity index (χ2v) is 3.43. The smallest absolute Gasteiger partial charge is 0.0561 e. The fourth-order valence-corrected chi connectivity index (χ4v) is 1.45. The van der Waals surface area contributed by atoms with Crippen LogP contribution < -0.4 is 5.32 Å². The fraction of sp³-hybridized carbons (Fsp3) is 0.455. The van der Waals surface area contributed by atoms with Crippen molar-refractivity contribution in [1.29, 1.82) is 0 Å². The van der Waals surface area contributed by atoms with Crippen LogP contribution in [-0.2, 0) is 0 Å². The molecule has 0 radical (unpaired) electrons. The normalized spacial score (nSPS) is 35.6. The third-order valence-electron chi connectivity index (χ3n) is 2.54. The van der Waals surface area contributed by atoms with E-state index < -0.39 is 0 Å². The Morgan fingerprint density at radius 2 is 2.17 bits per heavy atom. The van der Waals surface area contributed by atoms with E-state index in [1.807, 2.05) is 13.0 Å². The Labute approximate surface area is 74.9 Å². The lowest BCUT2D eigenvalue weighted by molar-refractivity contribution is 0.810. The molecule has 1 nitrogen and oxygen atoms in total. The number of hydrogen-bond donors (Lipinski definition) is 1. The fourth-order valence-electron chi connectivity index (χ4n) is 1.45. The van der Waals surface area contributed by atoms with Crippen molar-refractivity contribution in [3.63, 3.8) is 0 Å². The third kappa shape index (κ3) is 1.51. The predicted molar refractivity (Wildman–Crippen MR) is 54.1 cm³/mol. The summed E-state index contributed by atoms with van der Waals surface area (Å²) in [5.74, 6) is 0. The zero-order chi connectivity index (χ0) is 9.19. The molecule has 0 amide bonds. The molecule has 1 aliphatic heterocycles. The summed E-state index contributed by atoms with van der Waals surface area (Å²) in [5.41, 5.74) is 1.49. The number of nitrogens with one attached hydrogen (secondary N) is 1. The van der Waals surface area contributed by atoms with E-state index in [0.717, 1.165) is 0 Å². The van der Waals surface area contributed by atoms with Crippen LogP contribution in [0.4, 0.5) is 0 Å². The molecule has 2 atom stereocenters. The summed E-state index contributed by atoms with van der Waals surface area (Å²) in [6.07, 6.45) is 8.11.